The highest BCUT2D eigenvalue weighted by Crippen LogP contribution is 2.43. The molecule has 0 spiro atoms. The van der Waals surface area contributed by atoms with Gasteiger partial charge in [0.1, 0.15) is 11.6 Å². The third-order valence-corrected chi connectivity index (χ3v) is 6.23. The molecule has 2 bridgehead atoms. The van der Waals surface area contributed by atoms with E-state index in [9.17, 15) is 9.59 Å². The Bertz CT molecular complexity index is 1030. The number of nitrogens with zero attached hydrogens (tertiary/aromatic N) is 2. The van der Waals surface area contributed by atoms with Crippen LogP contribution in [0.3, 0.4) is 0 Å². The molecule has 8 nitrogen and oxygen atoms in total. The zero-order chi connectivity index (χ0) is 23.2. The van der Waals surface area contributed by atoms with Crippen LogP contribution in [0.15, 0.2) is 42.5 Å². The van der Waals surface area contributed by atoms with Gasteiger partial charge in [-0.3, -0.25) is 9.59 Å². The van der Waals surface area contributed by atoms with Crippen molar-refractivity contribution in [1.82, 2.24) is 20.6 Å². The number of hydrogen-bond donors (Lipinski definition) is 4. The Morgan fingerprint density at radius 1 is 0.939 bits per heavy atom. The maximum atomic E-state index is 12.5. The molecule has 0 saturated heterocycles. The van der Waals surface area contributed by atoms with E-state index >= 15 is 0 Å². The Morgan fingerprint density at radius 3 is 2.18 bits per heavy atom. The maximum absolute atomic E-state index is 12.5. The van der Waals surface area contributed by atoms with Gasteiger partial charge < -0.3 is 21.3 Å². The summed E-state index contributed by atoms with van der Waals surface area (Å²) in [6.07, 6.45) is 6.51. The van der Waals surface area contributed by atoms with Gasteiger partial charge in [0.2, 0.25) is 11.8 Å². The summed E-state index contributed by atoms with van der Waals surface area (Å²) in [7, 11) is 0. The van der Waals surface area contributed by atoms with Gasteiger partial charge in [0.05, 0.1) is 0 Å². The summed E-state index contributed by atoms with van der Waals surface area (Å²) < 4.78 is 0. The average molecular weight is 469 g/mol. The number of halogens is 1. The summed E-state index contributed by atoms with van der Waals surface area (Å²) in [5.74, 6) is 2.98. The minimum Gasteiger partial charge on any atom is -0.368 e. The molecule has 4 N–H and O–H groups in total. The standard InChI is InChI=1S/C24H29ClN6O2/c1-15(32)26-8-9-27-21-14-22(31-23(30-21)17-4-6-19(25)7-5-17)28-10-11-29-24(33)20-13-16-2-3-18(20)12-16/h2-7,14,16,18,20H,8-13H2,1H3,(H,26,32)(H,29,33)(H2,27,28,30,31). The highest BCUT2D eigenvalue weighted by Gasteiger charge is 2.39. The van der Waals surface area contributed by atoms with Gasteiger partial charge in [0.15, 0.2) is 5.82 Å². The summed E-state index contributed by atoms with van der Waals surface area (Å²) >= 11 is 6.01. The first-order valence-electron chi connectivity index (χ1n) is 11.3. The second-order valence-corrected chi connectivity index (χ2v) is 8.92. The topological polar surface area (TPSA) is 108 Å². The van der Waals surface area contributed by atoms with E-state index < -0.39 is 0 Å². The first-order chi connectivity index (χ1) is 16.0. The smallest absolute Gasteiger partial charge is 0.223 e. The van der Waals surface area contributed by atoms with Crippen molar-refractivity contribution in [3.63, 3.8) is 0 Å². The quantitative estimate of drug-likeness (QED) is 0.315. The number of hydrogen-bond acceptors (Lipinski definition) is 6. The van der Waals surface area contributed by atoms with Gasteiger partial charge in [-0.1, -0.05) is 23.8 Å². The monoisotopic (exact) mass is 468 g/mol. The van der Waals surface area contributed by atoms with Gasteiger partial charge in [-0.15, -0.1) is 0 Å². The molecule has 2 aromatic rings. The fourth-order valence-corrected chi connectivity index (χ4v) is 4.50. The van der Waals surface area contributed by atoms with E-state index in [0.717, 1.165) is 18.4 Å². The molecule has 1 heterocycles. The van der Waals surface area contributed by atoms with Crippen LogP contribution in [0.1, 0.15) is 19.8 Å². The normalized spacial score (nSPS) is 20.5. The fraction of sp³-hybridized carbons (Fsp3) is 0.417. The number of nitrogens with one attached hydrogen (secondary N) is 4. The molecule has 2 aliphatic rings. The lowest BCUT2D eigenvalue weighted by Crippen LogP contribution is -2.35. The number of rotatable bonds is 10. The van der Waals surface area contributed by atoms with Crippen LogP contribution in [0.5, 0.6) is 0 Å². The predicted molar refractivity (Wildman–Crippen MR) is 130 cm³/mol. The maximum Gasteiger partial charge on any atom is 0.223 e. The molecule has 2 amide bonds. The van der Waals surface area contributed by atoms with E-state index in [1.807, 2.05) is 18.2 Å². The molecular weight excluding hydrogens is 440 g/mol. The molecular formula is C24H29ClN6O2. The van der Waals surface area contributed by atoms with Crippen LogP contribution < -0.4 is 21.3 Å². The Morgan fingerprint density at radius 2 is 1.61 bits per heavy atom. The second-order valence-electron chi connectivity index (χ2n) is 8.48. The Hall–Kier alpha value is -3.13. The van der Waals surface area contributed by atoms with Crippen LogP contribution in [0.25, 0.3) is 11.4 Å². The number of fused-ring (bicyclic) bond motifs is 2. The highest BCUT2D eigenvalue weighted by atomic mass is 35.5. The van der Waals surface area contributed by atoms with Crippen LogP contribution in [0, 0.1) is 17.8 Å². The molecule has 1 fully saturated rings. The average Bonchev–Trinajstić information content (AvgIpc) is 3.44. The van der Waals surface area contributed by atoms with Crippen LogP contribution in [-0.4, -0.2) is 48.0 Å². The van der Waals surface area contributed by atoms with Gasteiger partial charge in [-0.05, 0) is 48.9 Å². The van der Waals surface area contributed by atoms with Gasteiger partial charge in [0, 0.05) is 55.7 Å². The molecule has 33 heavy (non-hydrogen) atoms. The molecule has 1 saturated carbocycles. The van der Waals surface area contributed by atoms with Crippen LogP contribution in [0.2, 0.25) is 5.02 Å². The third kappa shape index (κ3) is 6.22. The van der Waals surface area contributed by atoms with Crippen molar-refractivity contribution in [2.24, 2.45) is 17.8 Å². The lowest BCUT2D eigenvalue weighted by molar-refractivity contribution is -0.125. The molecule has 2 aliphatic carbocycles. The van der Waals surface area contributed by atoms with E-state index in [1.165, 1.54) is 6.92 Å². The SMILES string of the molecule is CC(=O)NCCNc1cc(NCCNC(=O)C2CC3C=CC2C3)nc(-c2ccc(Cl)cc2)n1. The van der Waals surface area contributed by atoms with Gasteiger partial charge in [-0.25, -0.2) is 9.97 Å². The van der Waals surface area contributed by atoms with Gasteiger partial charge in [-0.2, -0.15) is 0 Å². The highest BCUT2D eigenvalue weighted by molar-refractivity contribution is 6.30. The molecule has 0 radical (unpaired) electrons. The molecule has 174 valence electrons. The van der Waals surface area contributed by atoms with Crippen molar-refractivity contribution in [1.29, 1.82) is 0 Å². The fourth-order valence-electron chi connectivity index (χ4n) is 4.38. The minimum atomic E-state index is -0.0767. The Labute approximate surface area is 198 Å². The second kappa shape index (κ2) is 10.7. The van der Waals surface area contributed by atoms with E-state index in [0.29, 0.717) is 60.5 Å². The first kappa shape index (κ1) is 23.0. The summed E-state index contributed by atoms with van der Waals surface area (Å²) in [6.45, 7) is 3.57. The number of anilines is 2. The summed E-state index contributed by atoms with van der Waals surface area (Å²) in [6, 6.07) is 9.14. The Kier molecular flexibility index (Phi) is 7.44. The van der Waals surface area contributed by atoms with Crippen LogP contribution in [-0.2, 0) is 9.59 Å². The minimum absolute atomic E-state index is 0.0767. The lowest BCUT2D eigenvalue weighted by atomic mass is 9.93. The van der Waals surface area contributed by atoms with Gasteiger partial charge in [0.25, 0.3) is 0 Å². The third-order valence-electron chi connectivity index (χ3n) is 5.98. The van der Waals surface area contributed by atoms with E-state index in [4.69, 9.17) is 11.6 Å². The Balaban J connectivity index is 1.35. The molecule has 1 aromatic carbocycles. The van der Waals surface area contributed by atoms with Crippen LogP contribution >= 0.6 is 11.6 Å². The molecule has 3 atom stereocenters. The van der Waals surface area contributed by atoms with Crippen molar-refractivity contribution in [2.45, 2.75) is 19.8 Å². The first-order valence-corrected chi connectivity index (χ1v) is 11.7. The summed E-state index contributed by atoms with van der Waals surface area (Å²) in [5, 5.41) is 12.9. The summed E-state index contributed by atoms with van der Waals surface area (Å²) in [4.78, 5) is 32.8. The number of carbonyl (C=O) groups is 2. The molecule has 4 rings (SSSR count). The predicted octanol–water partition coefficient (Wildman–Crippen LogP) is 3.09. The van der Waals surface area contributed by atoms with Crippen molar-refractivity contribution < 1.29 is 9.59 Å². The van der Waals surface area contributed by atoms with Crippen molar-refractivity contribution in [3.8, 4) is 11.4 Å². The number of allylic oxidation sites excluding steroid dienone is 2. The van der Waals surface area contributed by atoms with E-state index in [2.05, 4.69) is 43.4 Å². The van der Waals surface area contributed by atoms with Crippen LogP contribution in [0.4, 0.5) is 11.6 Å². The molecule has 0 aliphatic heterocycles. The molecule has 9 heteroatoms. The largest absolute Gasteiger partial charge is 0.368 e. The zero-order valence-corrected chi connectivity index (χ0v) is 19.4. The lowest BCUT2D eigenvalue weighted by Gasteiger charge is -2.18. The van der Waals surface area contributed by atoms with Crippen molar-refractivity contribution in [2.75, 3.05) is 36.8 Å². The number of aromatic nitrogens is 2. The van der Waals surface area contributed by atoms with Gasteiger partial charge >= 0.3 is 0 Å². The number of carbonyl (C=O) groups excluding carboxylic acids is 2. The van der Waals surface area contributed by atoms with Crippen molar-refractivity contribution in [3.05, 3.63) is 47.5 Å². The number of benzene rings is 1. The van der Waals surface area contributed by atoms with E-state index in [1.54, 1.807) is 12.1 Å². The molecule has 1 aromatic heterocycles. The van der Waals surface area contributed by atoms with E-state index in [-0.39, 0.29) is 17.7 Å². The van der Waals surface area contributed by atoms with Crippen molar-refractivity contribution >= 4 is 35.1 Å². The molecule has 3 unspecified atom stereocenters. The summed E-state index contributed by atoms with van der Waals surface area (Å²) in [5.41, 5.74) is 0.839. The number of amides is 2. The zero-order valence-electron chi connectivity index (χ0n) is 18.6.